The number of carbonyl (C=O) groups excluding carboxylic acids is 2. The van der Waals surface area contributed by atoms with Gasteiger partial charge < -0.3 is 9.30 Å². The van der Waals surface area contributed by atoms with Gasteiger partial charge in [0, 0.05) is 4.88 Å². The van der Waals surface area contributed by atoms with Gasteiger partial charge in [-0.2, -0.15) is 4.99 Å². The highest BCUT2D eigenvalue weighted by Gasteiger charge is 2.14. The third-order valence-corrected chi connectivity index (χ3v) is 5.94. The van der Waals surface area contributed by atoms with Crippen molar-refractivity contribution in [1.29, 1.82) is 0 Å². The maximum Gasteiger partial charge on any atom is 0.326 e. The normalized spacial score (nSPS) is 11.9. The molecule has 3 aromatic rings. The smallest absolute Gasteiger partial charge is 0.326 e. The zero-order valence-electron chi connectivity index (χ0n) is 14.9. The standard InChI is InChI=1S/C19H20N2O3S2/c1-4-24-17(23)11-21-15-9-12(2)8-13(3)18(15)26-19(21)20-16(22)10-14-6-5-7-25-14/h5-9H,4,10-11H2,1-3H3. The van der Waals surface area contributed by atoms with E-state index in [1.54, 1.807) is 11.5 Å². The number of fused-ring (bicyclic) bond motifs is 1. The molecule has 1 aromatic carbocycles. The van der Waals surface area contributed by atoms with E-state index in [4.69, 9.17) is 4.74 Å². The summed E-state index contributed by atoms with van der Waals surface area (Å²) in [7, 11) is 0. The van der Waals surface area contributed by atoms with Crippen molar-refractivity contribution in [3.05, 3.63) is 50.5 Å². The van der Waals surface area contributed by atoms with Crippen LogP contribution >= 0.6 is 22.7 Å². The maximum absolute atomic E-state index is 12.4. The molecule has 0 fully saturated rings. The van der Waals surface area contributed by atoms with Crippen LogP contribution in [0.3, 0.4) is 0 Å². The maximum atomic E-state index is 12.4. The first kappa shape index (κ1) is 18.5. The van der Waals surface area contributed by atoms with E-state index in [1.165, 1.54) is 22.7 Å². The Balaban J connectivity index is 2.07. The lowest BCUT2D eigenvalue weighted by Gasteiger charge is -2.06. The van der Waals surface area contributed by atoms with Gasteiger partial charge in [0.2, 0.25) is 0 Å². The summed E-state index contributed by atoms with van der Waals surface area (Å²) < 4.78 is 7.90. The summed E-state index contributed by atoms with van der Waals surface area (Å²) in [5.74, 6) is -0.551. The molecule has 136 valence electrons. The lowest BCUT2D eigenvalue weighted by atomic mass is 10.1. The first-order valence-electron chi connectivity index (χ1n) is 8.34. The third-order valence-electron chi connectivity index (χ3n) is 3.83. The van der Waals surface area contributed by atoms with Gasteiger partial charge in [0.15, 0.2) is 4.80 Å². The Labute approximate surface area is 159 Å². The molecule has 0 unspecified atom stereocenters. The number of esters is 1. The quantitative estimate of drug-likeness (QED) is 0.627. The Morgan fingerprint density at radius 1 is 1.27 bits per heavy atom. The molecular formula is C19H20N2O3S2. The van der Waals surface area contributed by atoms with Crippen molar-refractivity contribution in [3.8, 4) is 0 Å². The minimum Gasteiger partial charge on any atom is -0.465 e. The van der Waals surface area contributed by atoms with E-state index >= 15 is 0 Å². The van der Waals surface area contributed by atoms with Crippen molar-refractivity contribution >= 4 is 44.8 Å². The average Bonchev–Trinajstić information content (AvgIpc) is 3.17. The van der Waals surface area contributed by atoms with E-state index in [0.29, 0.717) is 11.4 Å². The van der Waals surface area contributed by atoms with E-state index in [9.17, 15) is 9.59 Å². The van der Waals surface area contributed by atoms with Crippen molar-refractivity contribution < 1.29 is 14.3 Å². The molecule has 0 aliphatic carbocycles. The zero-order chi connectivity index (χ0) is 18.7. The number of carbonyl (C=O) groups is 2. The highest BCUT2D eigenvalue weighted by atomic mass is 32.1. The lowest BCUT2D eigenvalue weighted by molar-refractivity contribution is -0.143. The molecule has 2 aromatic heterocycles. The highest BCUT2D eigenvalue weighted by molar-refractivity contribution is 7.16. The fourth-order valence-corrected chi connectivity index (χ4v) is 4.59. The number of benzene rings is 1. The van der Waals surface area contributed by atoms with Gasteiger partial charge in [-0.25, -0.2) is 0 Å². The molecule has 0 bridgehead atoms. The summed E-state index contributed by atoms with van der Waals surface area (Å²) in [6.07, 6.45) is 0.267. The number of hydrogen-bond acceptors (Lipinski definition) is 5. The molecule has 0 saturated carbocycles. The second kappa shape index (κ2) is 7.97. The van der Waals surface area contributed by atoms with Crippen molar-refractivity contribution in [2.75, 3.05) is 6.61 Å². The molecule has 0 aliphatic rings. The van der Waals surface area contributed by atoms with E-state index in [0.717, 1.165) is 26.2 Å². The van der Waals surface area contributed by atoms with Crippen molar-refractivity contribution in [2.24, 2.45) is 4.99 Å². The average molecular weight is 389 g/mol. The number of aromatic nitrogens is 1. The van der Waals surface area contributed by atoms with Crippen LogP contribution in [0.15, 0.2) is 34.6 Å². The highest BCUT2D eigenvalue weighted by Crippen LogP contribution is 2.23. The molecule has 0 aliphatic heterocycles. The van der Waals surface area contributed by atoms with Crippen LogP contribution in [0.25, 0.3) is 10.2 Å². The number of thiophene rings is 1. The second-order valence-corrected chi connectivity index (χ2v) is 7.98. The number of rotatable bonds is 5. The predicted molar refractivity (Wildman–Crippen MR) is 105 cm³/mol. The summed E-state index contributed by atoms with van der Waals surface area (Å²) in [6, 6.07) is 7.94. The number of aryl methyl sites for hydroxylation is 2. The fraction of sp³-hybridized carbons (Fsp3) is 0.316. The SMILES string of the molecule is CCOC(=O)Cn1c(=NC(=O)Cc2cccs2)sc2c(C)cc(C)cc21. The monoisotopic (exact) mass is 388 g/mol. The molecule has 0 N–H and O–H groups in total. The molecule has 5 nitrogen and oxygen atoms in total. The third kappa shape index (κ3) is 4.11. The topological polar surface area (TPSA) is 60.7 Å². The summed E-state index contributed by atoms with van der Waals surface area (Å²) in [5, 5.41) is 1.94. The van der Waals surface area contributed by atoms with Gasteiger partial charge in [0.1, 0.15) is 6.54 Å². The summed E-state index contributed by atoms with van der Waals surface area (Å²) in [4.78, 5) is 30.2. The minimum absolute atomic E-state index is 0.0435. The van der Waals surface area contributed by atoms with Gasteiger partial charge in [0.25, 0.3) is 5.91 Å². The van der Waals surface area contributed by atoms with Crippen LogP contribution in [0.5, 0.6) is 0 Å². The van der Waals surface area contributed by atoms with Crippen LogP contribution in [-0.2, 0) is 27.3 Å². The van der Waals surface area contributed by atoms with Gasteiger partial charge >= 0.3 is 5.97 Å². The van der Waals surface area contributed by atoms with Crippen molar-refractivity contribution in [1.82, 2.24) is 4.57 Å². The number of thiazole rings is 1. The van der Waals surface area contributed by atoms with Gasteiger partial charge in [-0.3, -0.25) is 9.59 Å². The number of nitrogens with zero attached hydrogens (tertiary/aromatic N) is 2. The van der Waals surface area contributed by atoms with Crippen molar-refractivity contribution in [2.45, 2.75) is 33.7 Å². The summed E-state index contributed by atoms with van der Waals surface area (Å²) in [6.45, 7) is 6.18. The Morgan fingerprint density at radius 3 is 2.77 bits per heavy atom. The Morgan fingerprint density at radius 2 is 2.08 bits per heavy atom. The Kier molecular flexibility index (Phi) is 5.68. The first-order valence-corrected chi connectivity index (χ1v) is 10.0. The van der Waals surface area contributed by atoms with Crippen LogP contribution in [0, 0.1) is 13.8 Å². The predicted octanol–water partition coefficient (Wildman–Crippen LogP) is 3.61. The molecule has 26 heavy (non-hydrogen) atoms. The largest absolute Gasteiger partial charge is 0.465 e. The van der Waals surface area contributed by atoms with E-state index < -0.39 is 0 Å². The van der Waals surface area contributed by atoms with E-state index in [2.05, 4.69) is 11.1 Å². The molecule has 0 spiro atoms. The molecule has 0 saturated heterocycles. The molecule has 2 heterocycles. The number of ether oxygens (including phenoxy) is 1. The van der Waals surface area contributed by atoms with Crippen LogP contribution < -0.4 is 4.80 Å². The second-order valence-electron chi connectivity index (χ2n) is 5.97. The van der Waals surface area contributed by atoms with Crippen molar-refractivity contribution in [3.63, 3.8) is 0 Å². The molecular weight excluding hydrogens is 368 g/mol. The van der Waals surface area contributed by atoms with Gasteiger partial charge in [-0.1, -0.05) is 23.5 Å². The van der Waals surface area contributed by atoms with Gasteiger partial charge in [-0.15, -0.1) is 11.3 Å². The van der Waals surface area contributed by atoms with Crippen LogP contribution in [0.4, 0.5) is 0 Å². The molecule has 7 heteroatoms. The lowest BCUT2D eigenvalue weighted by Crippen LogP contribution is -2.23. The summed E-state index contributed by atoms with van der Waals surface area (Å²) in [5.41, 5.74) is 3.11. The molecule has 3 rings (SSSR count). The first-order chi connectivity index (χ1) is 12.5. The molecule has 0 radical (unpaired) electrons. The van der Waals surface area contributed by atoms with E-state index in [-0.39, 0.29) is 24.8 Å². The van der Waals surface area contributed by atoms with Crippen LogP contribution in [0.2, 0.25) is 0 Å². The molecule has 0 atom stereocenters. The fourth-order valence-electron chi connectivity index (χ4n) is 2.79. The van der Waals surface area contributed by atoms with Crippen LogP contribution in [-0.4, -0.2) is 23.1 Å². The number of hydrogen-bond donors (Lipinski definition) is 0. The molecule has 1 amide bonds. The zero-order valence-corrected chi connectivity index (χ0v) is 16.6. The Hall–Kier alpha value is -2.25. The van der Waals surface area contributed by atoms with Gasteiger partial charge in [-0.05, 0) is 49.4 Å². The minimum atomic E-state index is -0.335. The Bertz CT molecular complexity index is 1010. The number of amides is 1. The van der Waals surface area contributed by atoms with E-state index in [1.807, 2.05) is 37.4 Å². The summed E-state index contributed by atoms with van der Waals surface area (Å²) >= 11 is 2.97. The van der Waals surface area contributed by atoms with Gasteiger partial charge in [0.05, 0.1) is 23.2 Å². The van der Waals surface area contributed by atoms with Crippen LogP contribution in [0.1, 0.15) is 22.9 Å².